The van der Waals surface area contributed by atoms with Crippen molar-refractivity contribution in [2.45, 2.75) is 36.9 Å². The van der Waals surface area contributed by atoms with E-state index in [4.69, 9.17) is 9.15 Å². The van der Waals surface area contributed by atoms with Crippen molar-refractivity contribution in [1.29, 1.82) is 0 Å². The summed E-state index contributed by atoms with van der Waals surface area (Å²) in [5.41, 5.74) is -0.297. The molecule has 0 radical (unpaired) electrons. The van der Waals surface area contributed by atoms with E-state index in [0.29, 0.717) is 19.0 Å². The molecular formula is C22H27N3O7S. The Morgan fingerprint density at radius 3 is 2.33 bits per heavy atom. The Labute approximate surface area is 192 Å². The van der Waals surface area contributed by atoms with E-state index in [2.05, 4.69) is 10.6 Å². The monoisotopic (exact) mass is 477 g/mol. The molecule has 2 fully saturated rings. The van der Waals surface area contributed by atoms with Crippen LogP contribution in [0.3, 0.4) is 0 Å². The highest BCUT2D eigenvalue weighted by Gasteiger charge is 2.53. The molecule has 3 atom stereocenters. The molecule has 3 N–H and O–H groups in total. The number of para-hydroxylation sites is 1. The number of sulfonamides is 1. The first-order chi connectivity index (χ1) is 15.5. The highest BCUT2D eigenvalue weighted by molar-refractivity contribution is 7.89. The van der Waals surface area contributed by atoms with Gasteiger partial charge in [-0.1, -0.05) is 13.0 Å². The Bertz CT molecular complexity index is 1200. The van der Waals surface area contributed by atoms with E-state index in [1.807, 2.05) is 26.0 Å². The van der Waals surface area contributed by atoms with E-state index < -0.39 is 39.4 Å². The zero-order chi connectivity index (χ0) is 24.1. The maximum absolute atomic E-state index is 12.5. The first-order valence-electron chi connectivity index (χ1n) is 10.4. The summed E-state index contributed by atoms with van der Waals surface area (Å²) in [6.45, 7) is 4.74. The molecule has 10 nitrogen and oxygen atoms in total. The fourth-order valence-corrected chi connectivity index (χ4v) is 5.05. The van der Waals surface area contributed by atoms with Crippen LogP contribution in [-0.4, -0.2) is 68.8 Å². The minimum Gasteiger partial charge on any atom is -0.504 e. The lowest BCUT2D eigenvalue weighted by molar-refractivity contribution is -0.150. The molecule has 1 aromatic carbocycles. The number of rotatable bonds is 8. The topological polar surface area (TPSA) is 138 Å². The number of nitrogens with one attached hydrogen (secondary N) is 2. The van der Waals surface area contributed by atoms with Crippen molar-refractivity contribution in [2.24, 2.45) is 5.41 Å². The van der Waals surface area contributed by atoms with Gasteiger partial charge in [0.2, 0.25) is 21.6 Å². The van der Waals surface area contributed by atoms with Gasteiger partial charge in [-0.15, -0.1) is 0 Å². The average molecular weight is 478 g/mol. The van der Waals surface area contributed by atoms with Gasteiger partial charge in [0.1, 0.15) is 28.5 Å². The number of phenolic OH excluding ortho intramolecular Hbond substituents is 1. The predicted molar refractivity (Wildman–Crippen MR) is 118 cm³/mol. The molecule has 4 rings (SSSR count). The number of anilines is 1. The number of ketones is 2. The van der Waals surface area contributed by atoms with E-state index in [0.717, 1.165) is 10.1 Å². The number of phenols is 1. The number of carbonyl (C=O) groups is 2. The van der Waals surface area contributed by atoms with Gasteiger partial charge in [-0.3, -0.25) is 14.9 Å². The van der Waals surface area contributed by atoms with Crippen molar-refractivity contribution in [2.75, 3.05) is 32.6 Å². The lowest BCUT2D eigenvalue weighted by atomic mass is 9.76. The zero-order valence-electron chi connectivity index (χ0n) is 18.8. The van der Waals surface area contributed by atoms with Crippen molar-refractivity contribution in [1.82, 2.24) is 9.62 Å². The van der Waals surface area contributed by atoms with Crippen molar-refractivity contribution in [3.63, 3.8) is 0 Å². The van der Waals surface area contributed by atoms with Crippen LogP contribution < -0.4 is 10.6 Å². The number of ether oxygens (including phenoxy) is 1. The second-order valence-electron chi connectivity index (χ2n) is 8.96. The van der Waals surface area contributed by atoms with Crippen LogP contribution in [0.5, 0.6) is 5.75 Å². The molecule has 0 spiro atoms. The van der Waals surface area contributed by atoms with Crippen LogP contribution in [0.25, 0.3) is 0 Å². The number of nitrogens with zero attached hydrogens (tertiary/aromatic N) is 1. The van der Waals surface area contributed by atoms with Gasteiger partial charge < -0.3 is 19.6 Å². The standard InChI is InChI=1S/C22H27N3O7S/c1-12-8-9-14(32-12)21(22(2)10-31-11-22)24-17-16(19(27)20(17)28)23-13-6-5-7-15(18(13)26)33(29,30)25(3)4/h5-9,16-17,21,23-24,26H,10-11H2,1-4H3. The summed E-state index contributed by atoms with van der Waals surface area (Å²) < 4.78 is 37.2. The highest BCUT2D eigenvalue weighted by atomic mass is 32.2. The summed E-state index contributed by atoms with van der Waals surface area (Å²) in [7, 11) is -1.21. The minimum atomic E-state index is -3.91. The summed E-state index contributed by atoms with van der Waals surface area (Å²) in [5.74, 6) is -0.422. The number of Topliss-reactive ketones (excluding diaryl/α,β-unsaturated/α-hetero) is 2. The predicted octanol–water partition coefficient (Wildman–Crippen LogP) is 1.21. The van der Waals surface area contributed by atoms with Crippen molar-refractivity contribution >= 4 is 27.3 Å². The summed E-state index contributed by atoms with van der Waals surface area (Å²) in [5, 5.41) is 16.7. The minimum absolute atomic E-state index is 0.0409. The summed E-state index contributed by atoms with van der Waals surface area (Å²) >= 11 is 0. The van der Waals surface area contributed by atoms with Crippen molar-refractivity contribution in [3.05, 3.63) is 41.9 Å². The molecule has 3 unspecified atom stereocenters. The van der Waals surface area contributed by atoms with Gasteiger partial charge in [-0.2, -0.15) is 0 Å². The smallest absolute Gasteiger partial charge is 0.246 e. The normalized spacial score (nSPS) is 23.2. The Hall–Kier alpha value is -2.73. The molecular weight excluding hydrogens is 450 g/mol. The largest absolute Gasteiger partial charge is 0.504 e. The average Bonchev–Trinajstić information content (AvgIpc) is 3.17. The van der Waals surface area contributed by atoms with E-state index in [9.17, 15) is 23.1 Å². The molecule has 2 heterocycles. The van der Waals surface area contributed by atoms with Gasteiger partial charge in [-0.25, -0.2) is 12.7 Å². The number of aryl methyl sites for hydroxylation is 1. The third kappa shape index (κ3) is 3.95. The SMILES string of the molecule is Cc1ccc(C(NC2C(=O)C(=O)C2Nc2cccc(S(=O)(=O)N(C)C)c2O)C2(C)COC2)o1. The number of aromatic hydroxyl groups is 1. The molecule has 0 bridgehead atoms. The second kappa shape index (κ2) is 8.24. The van der Waals surface area contributed by atoms with E-state index in [1.165, 1.54) is 32.3 Å². The van der Waals surface area contributed by atoms with Gasteiger partial charge in [0.05, 0.1) is 24.9 Å². The molecule has 11 heteroatoms. The van der Waals surface area contributed by atoms with Gasteiger partial charge in [0, 0.05) is 19.5 Å². The second-order valence-corrected chi connectivity index (χ2v) is 11.1. The van der Waals surface area contributed by atoms with Crippen LogP contribution in [0.4, 0.5) is 5.69 Å². The third-order valence-corrected chi connectivity index (χ3v) is 8.01. The zero-order valence-corrected chi connectivity index (χ0v) is 19.6. The molecule has 0 amide bonds. The first kappa shape index (κ1) is 23.4. The lowest BCUT2D eigenvalue weighted by Crippen LogP contribution is -2.69. The molecule has 178 valence electrons. The first-order valence-corrected chi connectivity index (χ1v) is 11.9. The maximum Gasteiger partial charge on any atom is 0.246 e. The van der Waals surface area contributed by atoms with E-state index >= 15 is 0 Å². The number of furan rings is 1. The quantitative estimate of drug-likeness (QED) is 0.378. The van der Waals surface area contributed by atoms with Crippen molar-refractivity contribution < 1.29 is 32.3 Å². The number of carbonyl (C=O) groups excluding carboxylic acids is 2. The maximum atomic E-state index is 12.5. The van der Waals surface area contributed by atoms with Crippen LogP contribution in [0.15, 0.2) is 39.6 Å². The Balaban J connectivity index is 1.60. The van der Waals surface area contributed by atoms with Crippen molar-refractivity contribution in [3.8, 4) is 5.75 Å². The molecule has 1 aromatic heterocycles. The fourth-order valence-electron chi connectivity index (χ4n) is 4.05. The molecule has 33 heavy (non-hydrogen) atoms. The number of hydrogen-bond donors (Lipinski definition) is 3. The molecule has 2 aliphatic rings. The summed E-state index contributed by atoms with van der Waals surface area (Å²) in [4.78, 5) is 24.6. The molecule has 1 aliphatic carbocycles. The highest BCUT2D eigenvalue weighted by Crippen LogP contribution is 2.42. The van der Waals surface area contributed by atoms with Gasteiger partial charge in [0.25, 0.3) is 0 Å². The summed E-state index contributed by atoms with van der Waals surface area (Å²) in [6.07, 6.45) is 0. The number of benzene rings is 1. The number of hydrogen-bond acceptors (Lipinski definition) is 9. The lowest BCUT2D eigenvalue weighted by Gasteiger charge is -2.47. The van der Waals surface area contributed by atoms with E-state index in [1.54, 1.807) is 0 Å². The fraction of sp³-hybridized carbons (Fsp3) is 0.455. The Kier molecular flexibility index (Phi) is 5.85. The van der Waals surface area contributed by atoms with Crippen LogP contribution in [0.2, 0.25) is 0 Å². The third-order valence-electron chi connectivity index (χ3n) is 6.16. The van der Waals surface area contributed by atoms with Gasteiger partial charge in [0.15, 0.2) is 5.75 Å². The van der Waals surface area contributed by atoms with Gasteiger partial charge >= 0.3 is 0 Å². The Morgan fingerprint density at radius 2 is 1.79 bits per heavy atom. The Morgan fingerprint density at radius 1 is 1.12 bits per heavy atom. The van der Waals surface area contributed by atoms with Crippen LogP contribution in [0, 0.1) is 12.3 Å². The van der Waals surface area contributed by atoms with Crippen LogP contribution >= 0.6 is 0 Å². The van der Waals surface area contributed by atoms with Gasteiger partial charge in [-0.05, 0) is 31.2 Å². The molecule has 1 saturated carbocycles. The molecule has 1 saturated heterocycles. The summed E-state index contributed by atoms with van der Waals surface area (Å²) in [6, 6.07) is 5.56. The van der Waals surface area contributed by atoms with Crippen LogP contribution in [0.1, 0.15) is 24.5 Å². The molecule has 1 aliphatic heterocycles. The van der Waals surface area contributed by atoms with E-state index in [-0.39, 0.29) is 22.0 Å². The molecule has 2 aromatic rings. The van der Waals surface area contributed by atoms with Crippen LogP contribution in [-0.2, 0) is 24.3 Å².